The molecule has 1 aromatic heterocycles. The average Bonchev–Trinajstić information content (AvgIpc) is 2.59. The second kappa shape index (κ2) is 9.28. The van der Waals surface area contributed by atoms with E-state index < -0.39 is 0 Å². The van der Waals surface area contributed by atoms with E-state index in [0.717, 1.165) is 12.1 Å². The standard InChI is InChI=1S/C12H24N3O.ClH/c1-3-4-5-6-7-8-9-10-11-12(13)16-14-15(11)2;/h3-10,13H2,1-2H3;1H/q+1;/p-1. The van der Waals surface area contributed by atoms with E-state index in [4.69, 9.17) is 10.3 Å². The van der Waals surface area contributed by atoms with E-state index in [-0.39, 0.29) is 12.4 Å². The van der Waals surface area contributed by atoms with Crippen molar-refractivity contribution in [1.29, 1.82) is 0 Å². The number of anilines is 1. The molecule has 0 aliphatic heterocycles. The summed E-state index contributed by atoms with van der Waals surface area (Å²) in [5, 5.41) is 3.77. The summed E-state index contributed by atoms with van der Waals surface area (Å²) >= 11 is 0. The van der Waals surface area contributed by atoms with Crippen LogP contribution in [-0.2, 0) is 13.5 Å². The molecule has 0 saturated heterocycles. The van der Waals surface area contributed by atoms with Crippen LogP contribution in [0, 0.1) is 0 Å². The largest absolute Gasteiger partial charge is 1.00 e. The first-order chi connectivity index (χ1) is 7.75. The fraction of sp³-hybridized carbons (Fsp3) is 0.833. The van der Waals surface area contributed by atoms with E-state index >= 15 is 0 Å². The first-order valence-electron chi connectivity index (χ1n) is 6.36. The van der Waals surface area contributed by atoms with Gasteiger partial charge in [-0.3, -0.25) is 4.52 Å². The number of aromatic nitrogens is 2. The molecule has 0 saturated carbocycles. The van der Waals surface area contributed by atoms with E-state index in [1.165, 1.54) is 44.9 Å². The van der Waals surface area contributed by atoms with E-state index in [1.807, 2.05) is 7.05 Å². The zero-order valence-corrected chi connectivity index (χ0v) is 11.7. The minimum absolute atomic E-state index is 0. The lowest BCUT2D eigenvalue weighted by molar-refractivity contribution is -0.746. The molecule has 4 nitrogen and oxygen atoms in total. The van der Waals surface area contributed by atoms with Crippen LogP contribution in [0.5, 0.6) is 0 Å². The van der Waals surface area contributed by atoms with Crippen molar-refractivity contribution in [3.8, 4) is 0 Å². The molecule has 0 aliphatic rings. The molecule has 0 aromatic carbocycles. The Kier molecular flexibility index (Phi) is 8.86. The van der Waals surface area contributed by atoms with Crippen LogP contribution in [-0.4, -0.2) is 5.27 Å². The number of hydrogen-bond donors (Lipinski definition) is 1. The average molecular weight is 262 g/mol. The lowest BCUT2D eigenvalue weighted by atomic mass is 10.1. The van der Waals surface area contributed by atoms with Gasteiger partial charge in [0.1, 0.15) is 0 Å². The molecule has 1 aromatic rings. The van der Waals surface area contributed by atoms with Crippen molar-refractivity contribution < 1.29 is 21.6 Å². The highest BCUT2D eigenvalue weighted by Crippen LogP contribution is 2.11. The maximum atomic E-state index is 5.67. The number of hydrogen-bond acceptors (Lipinski definition) is 3. The van der Waals surface area contributed by atoms with Gasteiger partial charge in [-0.25, -0.2) is 0 Å². The fourth-order valence-corrected chi connectivity index (χ4v) is 1.90. The zero-order valence-electron chi connectivity index (χ0n) is 10.9. The Bertz CT molecular complexity index is 282. The summed E-state index contributed by atoms with van der Waals surface area (Å²) in [6.45, 7) is 2.24. The molecule has 0 unspecified atom stereocenters. The van der Waals surface area contributed by atoms with Crippen LogP contribution in [0.15, 0.2) is 4.52 Å². The number of nitrogen functional groups attached to an aromatic ring is 1. The third-order valence-electron chi connectivity index (χ3n) is 2.95. The third kappa shape index (κ3) is 5.91. The van der Waals surface area contributed by atoms with Gasteiger partial charge in [-0.2, -0.15) is 0 Å². The lowest BCUT2D eigenvalue weighted by Gasteiger charge is -1.98. The SMILES string of the molecule is CCCCCCCCCc1c(N)on[n+]1C.[Cl-]. The molecule has 1 rings (SSSR count). The van der Waals surface area contributed by atoms with Gasteiger partial charge in [0, 0.05) is 6.42 Å². The van der Waals surface area contributed by atoms with Crippen molar-refractivity contribution >= 4 is 5.88 Å². The fourth-order valence-electron chi connectivity index (χ4n) is 1.90. The summed E-state index contributed by atoms with van der Waals surface area (Å²) in [6, 6.07) is 0. The van der Waals surface area contributed by atoms with Gasteiger partial charge in [0.25, 0.3) is 11.6 Å². The van der Waals surface area contributed by atoms with Gasteiger partial charge in [0.05, 0.1) is 0 Å². The van der Waals surface area contributed by atoms with Gasteiger partial charge in [0.2, 0.25) is 5.27 Å². The molecular weight excluding hydrogens is 238 g/mol. The summed E-state index contributed by atoms with van der Waals surface area (Å²) in [5.74, 6) is 0.466. The molecule has 5 heteroatoms. The lowest BCUT2D eigenvalue weighted by Crippen LogP contribution is -3.00. The molecule has 100 valence electrons. The van der Waals surface area contributed by atoms with Gasteiger partial charge in [-0.1, -0.05) is 50.1 Å². The van der Waals surface area contributed by atoms with Crippen molar-refractivity contribution in [2.45, 2.75) is 58.3 Å². The van der Waals surface area contributed by atoms with Gasteiger partial charge >= 0.3 is 0 Å². The van der Waals surface area contributed by atoms with Crippen molar-refractivity contribution in [2.24, 2.45) is 7.05 Å². The monoisotopic (exact) mass is 261 g/mol. The van der Waals surface area contributed by atoms with Crippen LogP contribution in [0.2, 0.25) is 0 Å². The summed E-state index contributed by atoms with van der Waals surface area (Å²) in [6.07, 6.45) is 10.2. The van der Waals surface area contributed by atoms with Crippen LogP contribution in [0.4, 0.5) is 5.88 Å². The van der Waals surface area contributed by atoms with Crippen molar-refractivity contribution in [3.05, 3.63) is 5.69 Å². The number of aryl methyl sites for hydroxylation is 1. The summed E-state index contributed by atoms with van der Waals surface area (Å²) < 4.78 is 6.62. The molecule has 0 amide bonds. The predicted octanol–water partition coefficient (Wildman–Crippen LogP) is -0.622. The number of rotatable bonds is 8. The molecule has 0 spiro atoms. The summed E-state index contributed by atoms with van der Waals surface area (Å²) in [5.41, 5.74) is 6.69. The quantitative estimate of drug-likeness (QED) is 0.501. The normalized spacial score (nSPS) is 10.2. The van der Waals surface area contributed by atoms with Crippen LogP contribution < -0.4 is 22.8 Å². The smallest absolute Gasteiger partial charge is 0.296 e. The maximum Gasteiger partial charge on any atom is 0.296 e. The molecule has 2 N–H and O–H groups in total. The zero-order chi connectivity index (χ0) is 11.8. The molecule has 17 heavy (non-hydrogen) atoms. The molecule has 0 aliphatic carbocycles. The Morgan fingerprint density at radius 2 is 1.71 bits per heavy atom. The second-order valence-electron chi connectivity index (χ2n) is 4.38. The highest BCUT2D eigenvalue weighted by atomic mass is 35.5. The second-order valence-corrected chi connectivity index (χ2v) is 4.38. The van der Waals surface area contributed by atoms with E-state index in [1.54, 1.807) is 4.68 Å². The topological polar surface area (TPSA) is 55.9 Å². The molecule has 1 heterocycles. The summed E-state index contributed by atoms with van der Waals surface area (Å²) in [7, 11) is 1.87. The number of halogens is 1. The minimum atomic E-state index is 0. The number of nitrogens with two attached hydrogens (primary N) is 1. The summed E-state index contributed by atoms with van der Waals surface area (Å²) in [4.78, 5) is 0. The van der Waals surface area contributed by atoms with Gasteiger partial charge in [-0.05, 0) is 6.42 Å². The van der Waals surface area contributed by atoms with Crippen molar-refractivity contribution in [3.63, 3.8) is 0 Å². The Morgan fingerprint density at radius 1 is 1.12 bits per heavy atom. The first kappa shape index (κ1) is 16.2. The highest BCUT2D eigenvalue weighted by molar-refractivity contribution is 5.24. The molecule has 0 atom stereocenters. The van der Waals surface area contributed by atoms with Gasteiger partial charge in [0.15, 0.2) is 7.05 Å². The van der Waals surface area contributed by atoms with E-state index in [2.05, 4.69) is 12.2 Å². The van der Waals surface area contributed by atoms with Gasteiger partial charge < -0.3 is 18.1 Å². The minimum Gasteiger partial charge on any atom is -1.00 e. The number of nitrogens with zero attached hydrogens (tertiary/aromatic N) is 2. The predicted molar refractivity (Wildman–Crippen MR) is 63.8 cm³/mol. The molecule has 0 bridgehead atoms. The Hall–Kier alpha value is -0.770. The molecular formula is C12H24ClN3O. The maximum absolute atomic E-state index is 5.67. The Labute approximate surface area is 110 Å². The van der Waals surface area contributed by atoms with E-state index in [0.29, 0.717) is 5.88 Å². The Morgan fingerprint density at radius 3 is 2.24 bits per heavy atom. The first-order valence-corrected chi connectivity index (χ1v) is 6.36. The van der Waals surface area contributed by atoms with Crippen LogP contribution in [0.3, 0.4) is 0 Å². The van der Waals surface area contributed by atoms with Crippen molar-refractivity contribution in [1.82, 2.24) is 5.27 Å². The number of unbranched alkanes of at least 4 members (excludes halogenated alkanes) is 6. The van der Waals surface area contributed by atoms with Crippen molar-refractivity contribution in [2.75, 3.05) is 5.73 Å². The van der Waals surface area contributed by atoms with Crippen LogP contribution in [0.25, 0.3) is 0 Å². The van der Waals surface area contributed by atoms with Crippen LogP contribution >= 0.6 is 0 Å². The Balaban J connectivity index is 0.00000256. The van der Waals surface area contributed by atoms with Crippen LogP contribution in [0.1, 0.15) is 57.6 Å². The molecule has 0 fully saturated rings. The molecule has 0 radical (unpaired) electrons. The third-order valence-corrected chi connectivity index (χ3v) is 2.95. The highest BCUT2D eigenvalue weighted by Gasteiger charge is 2.17. The van der Waals surface area contributed by atoms with E-state index in [9.17, 15) is 0 Å². The van der Waals surface area contributed by atoms with Gasteiger partial charge in [-0.15, -0.1) is 0 Å².